The molecule has 0 aliphatic carbocycles. The van der Waals surface area contributed by atoms with Gasteiger partial charge in [-0.2, -0.15) is 0 Å². The Kier molecular flexibility index (Phi) is 7.38. The van der Waals surface area contributed by atoms with Crippen LogP contribution in [-0.2, 0) is 25.5 Å². The third kappa shape index (κ3) is 4.95. The molecule has 2 heterocycles. The third-order valence-electron chi connectivity index (χ3n) is 6.60. The van der Waals surface area contributed by atoms with E-state index in [9.17, 15) is 19.7 Å². The van der Waals surface area contributed by atoms with Gasteiger partial charge in [0.05, 0.1) is 35.6 Å². The summed E-state index contributed by atoms with van der Waals surface area (Å²) in [5, 5.41) is 14.5. The fraction of sp³-hybridized carbons (Fsp3) is 0.333. The van der Waals surface area contributed by atoms with E-state index in [1.165, 1.54) is 30.9 Å². The maximum absolute atomic E-state index is 13.4. The molecule has 0 amide bonds. The van der Waals surface area contributed by atoms with Crippen LogP contribution in [-0.4, -0.2) is 43.7 Å². The third-order valence-corrected chi connectivity index (χ3v) is 6.60. The topological polar surface area (TPSA) is 111 Å². The van der Waals surface area contributed by atoms with Crippen LogP contribution in [0.15, 0.2) is 71.1 Å². The Morgan fingerprint density at radius 1 is 1.08 bits per heavy atom. The number of nitrogens with zero attached hydrogens (tertiary/aromatic N) is 2. The molecule has 2 aromatic carbocycles. The number of hydrogen-bond donors (Lipinski definition) is 1. The molecule has 0 bridgehead atoms. The van der Waals surface area contributed by atoms with Crippen molar-refractivity contribution in [2.75, 3.05) is 31.7 Å². The molecule has 4 rings (SSSR count). The van der Waals surface area contributed by atoms with Crippen LogP contribution in [0.5, 0.6) is 0 Å². The fourth-order valence-electron chi connectivity index (χ4n) is 4.97. The van der Waals surface area contributed by atoms with Gasteiger partial charge < -0.3 is 19.7 Å². The van der Waals surface area contributed by atoms with E-state index >= 15 is 0 Å². The lowest BCUT2D eigenvalue weighted by Gasteiger charge is -2.32. The van der Waals surface area contributed by atoms with Crippen LogP contribution in [0.3, 0.4) is 0 Å². The number of aryl methyl sites for hydroxylation is 1. The van der Waals surface area contributed by atoms with E-state index in [2.05, 4.69) is 22.3 Å². The Morgan fingerprint density at radius 2 is 1.81 bits per heavy atom. The van der Waals surface area contributed by atoms with Crippen molar-refractivity contribution in [1.29, 1.82) is 0 Å². The standard InChI is InChI=1S/C27H29N3O6/c1-17-23(26(31)35-3)25(20-9-6-11-21(16-20)30(33)34)24(18(2)28-17)27(32)36-15-14-29-13-7-10-19-8-4-5-12-22(19)29/h4-6,8-9,11-12,16,25,28H,7,10,13-15H2,1-3H3. The van der Waals surface area contributed by atoms with Gasteiger partial charge in [0.15, 0.2) is 0 Å². The first-order chi connectivity index (χ1) is 17.3. The average molecular weight is 492 g/mol. The Bertz CT molecular complexity index is 1270. The molecule has 2 aliphatic heterocycles. The number of nitrogens with one attached hydrogen (secondary N) is 1. The predicted octanol–water partition coefficient (Wildman–Crippen LogP) is 4.00. The van der Waals surface area contributed by atoms with Crippen LogP contribution < -0.4 is 10.2 Å². The van der Waals surface area contributed by atoms with Gasteiger partial charge in [-0.3, -0.25) is 10.1 Å². The largest absolute Gasteiger partial charge is 0.466 e. The molecule has 9 heteroatoms. The van der Waals surface area contributed by atoms with Crippen LogP contribution >= 0.6 is 0 Å². The predicted molar refractivity (Wildman–Crippen MR) is 134 cm³/mol. The highest BCUT2D eigenvalue weighted by Gasteiger charge is 2.38. The highest BCUT2D eigenvalue weighted by molar-refractivity contribution is 5.99. The van der Waals surface area contributed by atoms with E-state index in [-0.39, 0.29) is 23.4 Å². The summed E-state index contributed by atoms with van der Waals surface area (Å²) in [6.45, 7) is 4.99. The molecule has 9 nitrogen and oxygen atoms in total. The van der Waals surface area contributed by atoms with E-state index in [0.29, 0.717) is 23.5 Å². The lowest BCUT2D eigenvalue weighted by atomic mass is 9.80. The molecule has 0 radical (unpaired) electrons. The number of fused-ring (bicyclic) bond motifs is 1. The second-order valence-corrected chi connectivity index (χ2v) is 8.83. The van der Waals surface area contributed by atoms with Crippen molar-refractivity contribution in [3.05, 3.63) is 92.3 Å². The number of anilines is 1. The number of esters is 2. The molecule has 188 valence electrons. The van der Waals surface area contributed by atoms with E-state index in [0.717, 1.165) is 25.1 Å². The van der Waals surface area contributed by atoms with Crippen LogP contribution in [0.2, 0.25) is 0 Å². The van der Waals surface area contributed by atoms with Gasteiger partial charge in [-0.05, 0) is 43.9 Å². The highest BCUT2D eigenvalue weighted by atomic mass is 16.6. The maximum Gasteiger partial charge on any atom is 0.336 e. The summed E-state index contributed by atoms with van der Waals surface area (Å²) < 4.78 is 10.7. The average Bonchev–Trinajstić information content (AvgIpc) is 2.88. The van der Waals surface area contributed by atoms with Gasteiger partial charge in [0.25, 0.3) is 5.69 Å². The zero-order chi connectivity index (χ0) is 25.8. The van der Waals surface area contributed by atoms with Crippen LogP contribution in [0.1, 0.15) is 37.3 Å². The number of carbonyl (C=O) groups excluding carboxylic acids is 2. The molecule has 0 aromatic heterocycles. The van der Waals surface area contributed by atoms with Crippen LogP contribution in [0.4, 0.5) is 11.4 Å². The lowest BCUT2D eigenvalue weighted by Crippen LogP contribution is -2.35. The summed E-state index contributed by atoms with van der Waals surface area (Å²) in [6.07, 6.45) is 2.05. The van der Waals surface area contributed by atoms with E-state index in [1.807, 2.05) is 12.1 Å². The fourth-order valence-corrected chi connectivity index (χ4v) is 4.97. The van der Waals surface area contributed by atoms with Crippen molar-refractivity contribution in [1.82, 2.24) is 5.32 Å². The van der Waals surface area contributed by atoms with Crippen molar-refractivity contribution < 1.29 is 24.0 Å². The van der Waals surface area contributed by atoms with E-state index < -0.39 is 22.8 Å². The van der Waals surface area contributed by atoms with Gasteiger partial charge in [-0.1, -0.05) is 30.3 Å². The van der Waals surface area contributed by atoms with Crippen molar-refractivity contribution in [3.63, 3.8) is 0 Å². The first-order valence-corrected chi connectivity index (χ1v) is 11.8. The van der Waals surface area contributed by atoms with Crippen molar-refractivity contribution in [2.45, 2.75) is 32.6 Å². The molecule has 1 atom stereocenters. The molecule has 2 aromatic rings. The van der Waals surface area contributed by atoms with Crippen LogP contribution in [0.25, 0.3) is 0 Å². The maximum atomic E-state index is 13.4. The first-order valence-electron chi connectivity index (χ1n) is 11.8. The van der Waals surface area contributed by atoms with E-state index in [4.69, 9.17) is 9.47 Å². The van der Waals surface area contributed by atoms with Crippen LogP contribution in [0, 0.1) is 10.1 Å². The number of allylic oxidation sites excluding steroid dienone is 2. The number of nitro groups is 1. The summed E-state index contributed by atoms with van der Waals surface area (Å²) in [4.78, 5) is 39.3. The number of non-ortho nitro benzene ring substituents is 1. The van der Waals surface area contributed by atoms with Gasteiger partial charge in [0.2, 0.25) is 0 Å². The number of rotatable bonds is 7. The number of nitro benzene ring substituents is 1. The Hall–Kier alpha value is -4.14. The minimum atomic E-state index is -0.873. The number of ether oxygens (including phenoxy) is 2. The Morgan fingerprint density at radius 3 is 2.53 bits per heavy atom. The monoisotopic (exact) mass is 491 g/mol. The lowest BCUT2D eigenvalue weighted by molar-refractivity contribution is -0.384. The summed E-state index contributed by atoms with van der Waals surface area (Å²) in [7, 11) is 1.26. The molecular formula is C27H29N3O6. The second kappa shape index (κ2) is 10.6. The van der Waals surface area contributed by atoms with Gasteiger partial charge in [0, 0.05) is 35.8 Å². The minimum absolute atomic E-state index is 0.137. The summed E-state index contributed by atoms with van der Waals surface area (Å²) in [6, 6.07) is 14.1. The van der Waals surface area contributed by atoms with Crippen molar-refractivity contribution in [3.8, 4) is 0 Å². The summed E-state index contributed by atoms with van der Waals surface area (Å²) >= 11 is 0. The smallest absolute Gasteiger partial charge is 0.336 e. The SMILES string of the molecule is COC(=O)C1=C(C)NC(C)=C(C(=O)OCCN2CCCc3ccccc32)C1c1cccc([N+](=O)[O-])c1. The minimum Gasteiger partial charge on any atom is -0.466 e. The number of carbonyl (C=O) groups is 2. The number of dihydropyridines is 1. The number of benzene rings is 2. The van der Waals surface area contributed by atoms with Crippen molar-refractivity contribution >= 4 is 23.3 Å². The molecule has 36 heavy (non-hydrogen) atoms. The zero-order valence-corrected chi connectivity index (χ0v) is 20.6. The number of methoxy groups -OCH3 is 1. The highest BCUT2D eigenvalue weighted by Crippen LogP contribution is 2.40. The summed E-state index contributed by atoms with van der Waals surface area (Å²) in [5.74, 6) is -2.09. The Labute approximate surface area is 209 Å². The van der Waals surface area contributed by atoms with Gasteiger partial charge >= 0.3 is 11.9 Å². The van der Waals surface area contributed by atoms with Gasteiger partial charge in [-0.15, -0.1) is 0 Å². The quantitative estimate of drug-likeness (QED) is 0.352. The molecule has 1 unspecified atom stereocenters. The van der Waals surface area contributed by atoms with Crippen molar-refractivity contribution in [2.24, 2.45) is 0 Å². The van der Waals surface area contributed by atoms with E-state index in [1.54, 1.807) is 19.9 Å². The zero-order valence-electron chi connectivity index (χ0n) is 20.6. The molecule has 0 saturated heterocycles. The Balaban J connectivity index is 1.60. The molecule has 2 aliphatic rings. The van der Waals surface area contributed by atoms with Gasteiger partial charge in [-0.25, -0.2) is 9.59 Å². The summed E-state index contributed by atoms with van der Waals surface area (Å²) in [5.41, 5.74) is 4.18. The first kappa shape index (κ1) is 25.0. The normalized spacial score (nSPS) is 17.3. The molecule has 0 fully saturated rings. The molecule has 0 spiro atoms. The number of hydrogen-bond acceptors (Lipinski definition) is 8. The number of para-hydroxylation sites is 1. The molecule has 0 saturated carbocycles. The second-order valence-electron chi connectivity index (χ2n) is 8.83. The van der Waals surface area contributed by atoms with Gasteiger partial charge in [0.1, 0.15) is 6.61 Å². The molecular weight excluding hydrogens is 462 g/mol. The molecule has 1 N–H and O–H groups in total.